The van der Waals surface area contributed by atoms with E-state index in [1.165, 1.54) is 0 Å². The van der Waals surface area contributed by atoms with E-state index in [9.17, 15) is 9.59 Å². The van der Waals surface area contributed by atoms with Gasteiger partial charge in [0.15, 0.2) is 0 Å². The van der Waals surface area contributed by atoms with Crippen LogP contribution in [0, 0.1) is 0 Å². The maximum absolute atomic E-state index is 12.9. The number of carbonyl (C=O) groups excluding carboxylic acids is 2. The molecule has 2 amide bonds. The summed E-state index contributed by atoms with van der Waals surface area (Å²) in [4.78, 5) is 24.8. The molecular weight excluding hydrogens is 378 g/mol. The van der Waals surface area contributed by atoms with Crippen molar-refractivity contribution in [1.82, 2.24) is 15.2 Å². The molecule has 0 bridgehead atoms. The fourth-order valence-electron chi connectivity index (χ4n) is 3.58. The van der Waals surface area contributed by atoms with Gasteiger partial charge in [-0.05, 0) is 30.3 Å². The van der Waals surface area contributed by atoms with Crippen molar-refractivity contribution in [2.75, 3.05) is 13.7 Å². The van der Waals surface area contributed by atoms with E-state index >= 15 is 0 Å². The SMILES string of the molecule is CNC(=O)c1ccc2c(c1)OCC[C@H]2NC(=O)c1cc2ccc(Cl)cc2n1C. The van der Waals surface area contributed by atoms with E-state index in [4.69, 9.17) is 16.3 Å². The Morgan fingerprint density at radius 1 is 1.14 bits per heavy atom. The van der Waals surface area contributed by atoms with Crippen LogP contribution in [0.3, 0.4) is 0 Å². The van der Waals surface area contributed by atoms with Gasteiger partial charge < -0.3 is 19.9 Å². The maximum atomic E-state index is 12.9. The monoisotopic (exact) mass is 397 g/mol. The van der Waals surface area contributed by atoms with E-state index in [2.05, 4.69) is 10.6 Å². The molecule has 144 valence electrons. The molecule has 2 aromatic carbocycles. The molecule has 0 unspecified atom stereocenters. The Hall–Kier alpha value is -2.99. The van der Waals surface area contributed by atoms with Crippen molar-refractivity contribution in [2.45, 2.75) is 12.5 Å². The number of halogens is 1. The Morgan fingerprint density at radius 3 is 2.75 bits per heavy atom. The average molecular weight is 398 g/mol. The lowest BCUT2D eigenvalue weighted by molar-refractivity contribution is 0.0914. The number of carbonyl (C=O) groups is 2. The van der Waals surface area contributed by atoms with Gasteiger partial charge in [0.1, 0.15) is 11.4 Å². The highest BCUT2D eigenvalue weighted by atomic mass is 35.5. The van der Waals surface area contributed by atoms with Crippen LogP contribution in [0.1, 0.15) is 38.9 Å². The zero-order valence-electron chi connectivity index (χ0n) is 15.6. The van der Waals surface area contributed by atoms with Crippen LogP contribution in [0.5, 0.6) is 5.75 Å². The Kier molecular flexibility index (Phi) is 4.73. The maximum Gasteiger partial charge on any atom is 0.268 e. The number of rotatable bonds is 3. The standard InChI is InChI=1S/C21H20ClN3O3/c1-23-20(26)13-4-6-15-16(7-8-28-19(15)10-13)24-21(27)18-9-12-3-5-14(22)11-17(12)25(18)2/h3-6,9-11,16H,7-8H2,1-2H3,(H,23,26)(H,24,27)/t16-/m1/s1. The van der Waals surface area contributed by atoms with E-state index in [1.807, 2.05) is 41.9 Å². The van der Waals surface area contributed by atoms with Gasteiger partial charge in [0.25, 0.3) is 11.8 Å². The van der Waals surface area contributed by atoms with Gasteiger partial charge in [-0.15, -0.1) is 0 Å². The number of nitrogens with one attached hydrogen (secondary N) is 2. The molecule has 0 spiro atoms. The first kappa shape index (κ1) is 18.4. The summed E-state index contributed by atoms with van der Waals surface area (Å²) < 4.78 is 7.55. The fraction of sp³-hybridized carbons (Fsp3) is 0.238. The molecule has 1 aliphatic rings. The van der Waals surface area contributed by atoms with E-state index < -0.39 is 0 Å². The van der Waals surface area contributed by atoms with Crippen molar-refractivity contribution in [3.05, 3.63) is 64.3 Å². The number of hydrogen-bond donors (Lipinski definition) is 2. The van der Waals surface area contributed by atoms with Crippen LogP contribution in [0.15, 0.2) is 42.5 Å². The number of aryl methyl sites for hydroxylation is 1. The lowest BCUT2D eigenvalue weighted by atomic mass is 9.98. The molecule has 28 heavy (non-hydrogen) atoms. The minimum absolute atomic E-state index is 0.164. The largest absolute Gasteiger partial charge is 0.493 e. The third kappa shape index (κ3) is 3.20. The topological polar surface area (TPSA) is 72.4 Å². The number of benzene rings is 2. The minimum atomic E-state index is -0.184. The third-order valence-corrected chi connectivity index (χ3v) is 5.32. The summed E-state index contributed by atoms with van der Waals surface area (Å²) in [5.41, 5.74) is 2.86. The number of ether oxygens (including phenoxy) is 1. The van der Waals surface area contributed by atoms with Gasteiger partial charge in [0, 0.05) is 47.6 Å². The van der Waals surface area contributed by atoms with Crippen LogP contribution < -0.4 is 15.4 Å². The van der Waals surface area contributed by atoms with Gasteiger partial charge in [-0.2, -0.15) is 0 Å². The molecule has 2 N–H and O–H groups in total. The van der Waals surface area contributed by atoms with Crippen LogP contribution in [0.4, 0.5) is 0 Å². The molecule has 0 saturated heterocycles. The fourth-order valence-corrected chi connectivity index (χ4v) is 3.74. The molecule has 0 radical (unpaired) electrons. The number of amides is 2. The van der Waals surface area contributed by atoms with Gasteiger partial charge >= 0.3 is 0 Å². The molecule has 1 aromatic heterocycles. The summed E-state index contributed by atoms with van der Waals surface area (Å²) in [6, 6.07) is 12.5. The van der Waals surface area contributed by atoms with E-state index in [0.29, 0.717) is 35.1 Å². The lowest BCUT2D eigenvalue weighted by Crippen LogP contribution is -2.33. The Balaban J connectivity index is 1.61. The van der Waals surface area contributed by atoms with Gasteiger partial charge in [0.05, 0.1) is 12.6 Å². The second kappa shape index (κ2) is 7.20. The predicted octanol–water partition coefficient (Wildman–Crippen LogP) is 3.44. The number of nitrogens with zero attached hydrogens (tertiary/aromatic N) is 1. The van der Waals surface area contributed by atoms with Gasteiger partial charge in [-0.1, -0.05) is 23.7 Å². The quantitative estimate of drug-likeness (QED) is 0.711. The molecular formula is C21H20ClN3O3. The first-order valence-electron chi connectivity index (χ1n) is 9.02. The molecule has 7 heteroatoms. The first-order chi connectivity index (χ1) is 13.5. The van der Waals surface area contributed by atoms with Gasteiger partial charge in [-0.25, -0.2) is 0 Å². The third-order valence-electron chi connectivity index (χ3n) is 5.09. The highest BCUT2D eigenvalue weighted by molar-refractivity contribution is 6.31. The van der Waals surface area contributed by atoms with Crippen molar-refractivity contribution < 1.29 is 14.3 Å². The van der Waals surface area contributed by atoms with Gasteiger partial charge in [0.2, 0.25) is 0 Å². The molecule has 2 heterocycles. The summed E-state index contributed by atoms with van der Waals surface area (Å²) in [6.45, 7) is 0.472. The van der Waals surface area contributed by atoms with Crippen molar-refractivity contribution in [3.63, 3.8) is 0 Å². The lowest BCUT2D eigenvalue weighted by Gasteiger charge is -2.27. The molecule has 6 nitrogen and oxygen atoms in total. The average Bonchev–Trinajstić information content (AvgIpc) is 3.03. The van der Waals surface area contributed by atoms with E-state index in [1.54, 1.807) is 19.2 Å². The summed E-state index contributed by atoms with van der Waals surface area (Å²) in [5, 5.41) is 7.29. The highest BCUT2D eigenvalue weighted by Crippen LogP contribution is 2.33. The highest BCUT2D eigenvalue weighted by Gasteiger charge is 2.25. The Morgan fingerprint density at radius 2 is 1.96 bits per heavy atom. The van der Waals surface area contributed by atoms with Gasteiger partial charge in [-0.3, -0.25) is 9.59 Å². The molecule has 4 rings (SSSR count). The van der Waals surface area contributed by atoms with Crippen molar-refractivity contribution in [3.8, 4) is 5.75 Å². The van der Waals surface area contributed by atoms with Crippen LogP contribution in [-0.4, -0.2) is 30.0 Å². The zero-order valence-corrected chi connectivity index (χ0v) is 16.3. The number of fused-ring (bicyclic) bond motifs is 2. The summed E-state index contributed by atoms with van der Waals surface area (Å²) >= 11 is 6.08. The molecule has 1 atom stereocenters. The normalized spacial score (nSPS) is 15.6. The van der Waals surface area contributed by atoms with Crippen LogP contribution in [-0.2, 0) is 7.05 Å². The minimum Gasteiger partial charge on any atom is -0.493 e. The van der Waals surface area contributed by atoms with Crippen LogP contribution >= 0.6 is 11.6 Å². The molecule has 3 aromatic rings. The van der Waals surface area contributed by atoms with Crippen LogP contribution in [0.2, 0.25) is 5.02 Å². The smallest absolute Gasteiger partial charge is 0.268 e. The van der Waals surface area contributed by atoms with E-state index in [0.717, 1.165) is 16.5 Å². The second-order valence-corrected chi connectivity index (χ2v) is 7.22. The summed E-state index contributed by atoms with van der Waals surface area (Å²) in [7, 11) is 3.43. The summed E-state index contributed by atoms with van der Waals surface area (Å²) in [5.74, 6) is 0.288. The van der Waals surface area contributed by atoms with Crippen molar-refractivity contribution in [2.24, 2.45) is 7.05 Å². The zero-order chi connectivity index (χ0) is 19.8. The molecule has 1 aliphatic heterocycles. The molecule has 0 fully saturated rings. The second-order valence-electron chi connectivity index (χ2n) is 6.79. The number of hydrogen-bond acceptors (Lipinski definition) is 3. The number of aromatic nitrogens is 1. The Bertz CT molecular complexity index is 1090. The van der Waals surface area contributed by atoms with E-state index in [-0.39, 0.29) is 17.9 Å². The molecule has 0 aliphatic carbocycles. The Labute approximate surface area is 167 Å². The first-order valence-corrected chi connectivity index (χ1v) is 9.40. The summed E-state index contributed by atoms with van der Waals surface area (Å²) in [6.07, 6.45) is 0.661. The molecule has 0 saturated carbocycles. The van der Waals surface area contributed by atoms with Crippen molar-refractivity contribution in [1.29, 1.82) is 0 Å². The van der Waals surface area contributed by atoms with Crippen molar-refractivity contribution >= 4 is 34.3 Å². The predicted molar refractivity (Wildman–Crippen MR) is 108 cm³/mol. The van der Waals surface area contributed by atoms with Crippen LogP contribution in [0.25, 0.3) is 10.9 Å².